The zero-order chi connectivity index (χ0) is 32.8. The molecule has 0 spiro atoms. The number of para-hydroxylation sites is 2. The van der Waals surface area contributed by atoms with Crippen molar-refractivity contribution in [1.29, 1.82) is 0 Å². The van der Waals surface area contributed by atoms with E-state index in [-0.39, 0.29) is 35.4 Å². The number of carbonyl (C=O) groups is 3. The van der Waals surface area contributed by atoms with Crippen LogP contribution in [0.4, 0.5) is 11.4 Å². The van der Waals surface area contributed by atoms with Crippen molar-refractivity contribution in [3.8, 4) is 11.5 Å². The molecule has 1 aliphatic heterocycles. The molecule has 0 aromatic heterocycles. The summed E-state index contributed by atoms with van der Waals surface area (Å²) in [5.74, 6) is -0.0576. The van der Waals surface area contributed by atoms with Crippen LogP contribution < -0.4 is 25.4 Å². The van der Waals surface area contributed by atoms with Gasteiger partial charge in [0.2, 0.25) is 5.91 Å². The van der Waals surface area contributed by atoms with E-state index in [1.807, 2.05) is 62.4 Å². The number of amidine groups is 1. The van der Waals surface area contributed by atoms with Gasteiger partial charge in [0.05, 0.1) is 29.8 Å². The van der Waals surface area contributed by atoms with Crippen molar-refractivity contribution in [1.82, 2.24) is 0 Å². The Labute approximate surface area is 276 Å². The predicted octanol–water partition coefficient (Wildman–Crippen LogP) is 6.76. The summed E-state index contributed by atoms with van der Waals surface area (Å²) in [6.07, 6.45) is 1.69. The molecular formula is C35H31ClN4O5S. The molecule has 11 heteroatoms. The minimum Gasteiger partial charge on any atom is -0.496 e. The lowest BCUT2D eigenvalue weighted by Crippen LogP contribution is -2.31. The lowest BCUT2D eigenvalue weighted by atomic mass is 10.1. The Bertz CT molecular complexity index is 1850. The number of thioether (sulfide) groups is 1. The van der Waals surface area contributed by atoms with Gasteiger partial charge in [-0.3, -0.25) is 19.3 Å². The maximum atomic E-state index is 13.7. The van der Waals surface area contributed by atoms with E-state index in [0.29, 0.717) is 27.3 Å². The van der Waals surface area contributed by atoms with E-state index in [1.54, 1.807) is 43.5 Å². The molecule has 0 aliphatic carbocycles. The van der Waals surface area contributed by atoms with Crippen LogP contribution in [0.5, 0.6) is 11.5 Å². The maximum absolute atomic E-state index is 13.7. The quantitative estimate of drug-likeness (QED) is 0.182. The zero-order valence-electron chi connectivity index (χ0n) is 25.4. The van der Waals surface area contributed by atoms with Crippen LogP contribution in [-0.2, 0) is 16.2 Å². The van der Waals surface area contributed by atoms with Gasteiger partial charge in [-0.05, 0) is 85.1 Å². The monoisotopic (exact) mass is 654 g/mol. The molecule has 0 unspecified atom stereocenters. The van der Waals surface area contributed by atoms with Crippen LogP contribution in [0.3, 0.4) is 0 Å². The second-order valence-corrected chi connectivity index (χ2v) is 11.8. The van der Waals surface area contributed by atoms with Crippen molar-refractivity contribution < 1.29 is 23.9 Å². The molecule has 3 N–H and O–H groups in total. The summed E-state index contributed by atoms with van der Waals surface area (Å²) in [6.45, 7) is 4.10. The summed E-state index contributed by atoms with van der Waals surface area (Å²) in [6, 6.07) is 24.8. The SMILES string of the molecule is COc1ccc(/C=C2/N=C(SCC(=O)Nc3ccccc3C(N)=O)N(c3ccccc3)C2=O)cc1COc1c(C)cc(Cl)cc1C. The van der Waals surface area contributed by atoms with Gasteiger partial charge >= 0.3 is 0 Å². The number of aliphatic imine (C=N–C) groups is 1. The van der Waals surface area contributed by atoms with Crippen LogP contribution in [0, 0.1) is 13.8 Å². The number of anilines is 2. The number of aryl methyl sites for hydroxylation is 2. The van der Waals surface area contributed by atoms with Gasteiger partial charge in [-0.25, -0.2) is 4.99 Å². The van der Waals surface area contributed by atoms with Crippen LogP contribution in [0.2, 0.25) is 5.02 Å². The number of benzene rings is 4. The largest absolute Gasteiger partial charge is 0.496 e. The highest BCUT2D eigenvalue weighted by molar-refractivity contribution is 8.14. The minimum atomic E-state index is -0.650. The molecule has 0 bridgehead atoms. The third-order valence-electron chi connectivity index (χ3n) is 7.05. The molecule has 0 fully saturated rings. The Morgan fingerprint density at radius 3 is 2.39 bits per heavy atom. The summed E-state index contributed by atoms with van der Waals surface area (Å²) in [7, 11) is 1.59. The fourth-order valence-corrected chi connectivity index (χ4v) is 6.10. The van der Waals surface area contributed by atoms with Crippen molar-refractivity contribution in [3.63, 3.8) is 0 Å². The lowest BCUT2D eigenvalue weighted by Gasteiger charge is -2.17. The van der Waals surface area contributed by atoms with E-state index in [2.05, 4.69) is 10.3 Å². The number of nitrogens with two attached hydrogens (primary N) is 1. The van der Waals surface area contributed by atoms with Gasteiger partial charge in [-0.2, -0.15) is 0 Å². The van der Waals surface area contributed by atoms with Gasteiger partial charge in [0.15, 0.2) is 5.17 Å². The van der Waals surface area contributed by atoms with Crippen LogP contribution in [0.1, 0.15) is 32.6 Å². The van der Waals surface area contributed by atoms with E-state index in [1.165, 1.54) is 11.0 Å². The predicted molar refractivity (Wildman–Crippen MR) is 184 cm³/mol. The number of nitrogens with zero attached hydrogens (tertiary/aromatic N) is 2. The molecule has 46 heavy (non-hydrogen) atoms. The first-order valence-corrected chi connectivity index (χ1v) is 15.6. The molecule has 3 amide bonds. The summed E-state index contributed by atoms with van der Waals surface area (Å²) in [4.78, 5) is 44.5. The number of hydrogen-bond acceptors (Lipinski definition) is 7. The van der Waals surface area contributed by atoms with Crippen molar-refractivity contribution in [3.05, 3.63) is 123 Å². The molecule has 4 aromatic rings. The van der Waals surface area contributed by atoms with E-state index in [9.17, 15) is 14.4 Å². The number of ether oxygens (including phenoxy) is 2. The number of nitrogens with one attached hydrogen (secondary N) is 1. The number of methoxy groups -OCH3 is 1. The Morgan fingerprint density at radius 1 is 1.00 bits per heavy atom. The highest BCUT2D eigenvalue weighted by atomic mass is 35.5. The summed E-state index contributed by atoms with van der Waals surface area (Å²) in [5.41, 5.74) is 10.1. The number of halogens is 1. The van der Waals surface area contributed by atoms with Gasteiger partial charge < -0.3 is 20.5 Å². The van der Waals surface area contributed by atoms with Gasteiger partial charge in [0.25, 0.3) is 11.8 Å². The molecule has 9 nitrogen and oxygen atoms in total. The highest BCUT2D eigenvalue weighted by Gasteiger charge is 2.32. The van der Waals surface area contributed by atoms with Crippen molar-refractivity contribution in [2.45, 2.75) is 20.5 Å². The molecule has 234 valence electrons. The van der Waals surface area contributed by atoms with E-state index in [4.69, 9.17) is 26.8 Å². The second-order valence-electron chi connectivity index (χ2n) is 10.4. The van der Waals surface area contributed by atoms with Crippen molar-refractivity contribution in [2.75, 3.05) is 23.1 Å². The second kappa shape index (κ2) is 14.4. The van der Waals surface area contributed by atoms with Crippen LogP contribution in [-0.4, -0.2) is 35.8 Å². The summed E-state index contributed by atoms with van der Waals surface area (Å²) >= 11 is 7.29. The normalized spacial score (nSPS) is 13.5. The fraction of sp³-hybridized carbons (Fsp3) is 0.143. The van der Waals surface area contributed by atoms with E-state index >= 15 is 0 Å². The van der Waals surface area contributed by atoms with Crippen molar-refractivity contribution in [2.24, 2.45) is 10.7 Å². The van der Waals surface area contributed by atoms with Crippen LogP contribution >= 0.6 is 23.4 Å². The van der Waals surface area contributed by atoms with Crippen LogP contribution in [0.25, 0.3) is 6.08 Å². The summed E-state index contributed by atoms with van der Waals surface area (Å²) < 4.78 is 11.8. The van der Waals surface area contributed by atoms with Gasteiger partial charge in [0.1, 0.15) is 23.8 Å². The smallest absolute Gasteiger partial charge is 0.283 e. The van der Waals surface area contributed by atoms with Gasteiger partial charge in [-0.15, -0.1) is 0 Å². The third-order valence-corrected chi connectivity index (χ3v) is 8.20. The fourth-order valence-electron chi connectivity index (χ4n) is 4.96. The molecule has 1 heterocycles. The Hall–Kier alpha value is -5.06. The first-order chi connectivity index (χ1) is 22.1. The number of hydrogen-bond donors (Lipinski definition) is 2. The molecule has 0 atom stereocenters. The minimum absolute atomic E-state index is 0.0661. The molecule has 1 aliphatic rings. The number of carbonyl (C=O) groups excluding carboxylic acids is 3. The lowest BCUT2D eigenvalue weighted by molar-refractivity contribution is -0.114. The molecular weight excluding hydrogens is 624 g/mol. The molecule has 0 radical (unpaired) electrons. The number of amides is 3. The topological polar surface area (TPSA) is 123 Å². The number of primary amides is 1. The van der Waals surface area contributed by atoms with E-state index in [0.717, 1.165) is 39.8 Å². The summed E-state index contributed by atoms with van der Waals surface area (Å²) in [5, 5.41) is 3.70. The molecule has 4 aromatic carbocycles. The zero-order valence-corrected chi connectivity index (χ0v) is 26.9. The first kappa shape index (κ1) is 32.3. The first-order valence-electron chi connectivity index (χ1n) is 14.2. The molecule has 0 saturated carbocycles. The van der Waals surface area contributed by atoms with E-state index < -0.39 is 5.91 Å². The Kier molecular flexibility index (Phi) is 10.1. The van der Waals surface area contributed by atoms with Gasteiger partial charge in [0, 0.05) is 10.6 Å². The average Bonchev–Trinajstić information content (AvgIpc) is 3.34. The Morgan fingerprint density at radius 2 is 1.70 bits per heavy atom. The maximum Gasteiger partial charge on any atom is 0.283 e. The third kappa shape index (κ3) is 7.42. The number of rotatable bonds is 10. The Balaban J connectivity index is 1.39. The molecule has 5 rings (SSSR count). The van der Waals surface area contributed by atoms with Gasteiger partial charge in [-0.1, -0.05) is 59.8 Å². The standard InChI is InChI=1S/C35H31ClN4O5S/c1-21-15-25(36)16-22(2)32(21)45-19-24-17-23(13-14-30(24)44-3)18-29-34(43)40(26-9-5-4-6-10-26)35(39-29)46-20-31(41)38-28-12-8-7-11-27(28)33(37)42/h4-18H,19-20H2,1-3H3,(H2,37,42)(H,38,41)/b29-18+. The van der Waals surface area contributed by atoms with Crippen LogP contribution in [0.15, 0.2) is 95.6 Å². The average molecular weight is 655 g/mol. The van der Waals surface area contributed by atoms with Crippen molar-refractivity contribution >= 4 is 63.7 Å². The highest BCUT2D eigenvalue weighted by Crippen LogP contribution is 2.32. The molecule has 0 saturated heterocycles.